The lowest BCUT2D eigenvalue weighted by molar-refractivity contribution is -0.124. The Morgan fingerprint density at radius 3 is 2.74 bits per heavy atom. The van der Waals surface area contributed by atoms with Crippen LogP contribution in [0.3, 0.4) is 0 Å². The predicted octanol–water partition coefficient (Wildman–Crippen LogP) is 1.99. The maximum atomic E-state index is 12.8. The normalized spacial score (nSPS) is 12.3. The minimum atomic E-state index is -0.470. The smallest absolute Gasteiger partial charge is 0.258 e. The zero-order valence-corrected chi connectivity index (χ0v) is 11.6. The summed E-state index contributed by atoms with van der Waals surface area (Å²) in [5.41, 5.74) is 0. The third-order valence-corrected chi connectivity index (χ3v) is 2.90. The largest absolute Gasteiger partial charge is 0.482 e. The Morgan fingerprint density at radius 1 is 1.53 bits per heavy atom. The molecule has 0 spiro atoms. The van der Waals surface area contributed by atoms with E-state index in [2.05, 4.69) is 5.32 Å². The summed E-state index contributed by atoms with van der Waals surface area (Å²) < 4.78 is 18.0. The lowest BCUT2D eigenvalue weighted by Gasteiger charge is -2.20. The average molecular weight is 290 g/mol. The number of aliphatic hydroxyl groups is 1. The topological polar surface area (TPSA) is 58.6 Å². The predicted molar refractivity (Wildman–Crippen MR) is 70.8 cm³/mol. The molecular weight excluding hydrogens is 273 g/mol. The summed E-state index contributed by atoms with van der Waals surface area (Å²) in [5, 5.41) is 11.8. The van der Waals surface area contributed by atoms with E-state index in [1.165, 1.54) is 12.1 Å². The Morgan fingerprint density at radius 2 is 2.21 bits per heavy atom. The van der Waals surface area contributed by atoms with Gasteiger partial charge in [-0.15, -0.1) is 0 Å². The quantitative estimate of drug-likeness (QED) is 0.842. The molecule has 0 aliphatic heterocycles. The van der Waals surface area contributed by atoms with Gasteiger partial charge in [-0.2, -0.15) is 0 Å². The van der Waals surface area contributed by atoms with Crippen LogP contribution in [0.1, 0.15) is 13.8 Å². The van der Waals surface area contributed by atoms with Crippen LogP contribution in [0.5, 0.6) is 5.75 Å². The standard InChI is InChI=1S/C13H17ClFNO3/c1-8(2)11(6-17)16-13(18)7-19-12-4-3-9(15)5-10(12)14/h3-5,8,11,17H,6-7H2,1-2H3,(H,16,18). The van der Waals surface area contributed by atoms with E-state index in [-0.39, 0.29) is 41.9 Å². The highest BCUT2D eigenvalue weighted by Gasteiger charge is 2.15. The third-order valence-electron chi connectivity index (χ3n) is 2.60. The summed E-state index contributed by atoms with van der Waals surface area (Å²) in [6.45, 7) is 3.40. The van der Waals surface area contributed by atoms with Gasteiger partial charge in [0.25, 0.3) is 5.91 Å². The van der Waals surface area contributed by atoms with Crippen molar-refractivity contribution in [3.8, 4) is 5.75 Å². The number of hydrogen-bond donors (Lipinski definition) is 2. The van der Waals surface area contributed by atoms with Crippen LogP contribution in [0.15, 0.2) is 18.2 Å². The second-order valence-corrected chi connectivity index (χ2v) is 4.87. The lowest BCUT2D eigenvalue weighted by Crippen LogP contribution is -2.43. The summed E-state index contributed by atoms with van der Waals surface area (Å²) in [5.74, 6) is -0.484. The highest BCUT2D eigenvalue weighted by atomic mass is 35.5. The fourth-order valence-corrected chi connectivity index (χ4v) is 1.63. The molecule has 2 N–H and O–H groups in total. The van der Waals surface area contributed by atoms with Crippen LogP contribution in [0.25, 0.3) is 0 Å². The Balaban J connectivity index is 2.50. The first kappa shape index (κ1) is 15.7. The molecule has 1 atom stereocenters. The van der Waals surface area contributed by atoms with Gasteiger partial charge in [-0.05, 0) is 24.1 Å². The van der Waals surface area contributed by atoms with E-state index in [1.54, 1.807) is 0 Å². The van der Waals surface area contributed by atoms with E-state index in [0.29, 0.717) is 0 Å². The van der Waals surface area contributed by atoms with Crippen molar-refractivity contribution < 1.29 is 19.0 Å². The fourth-order valence-electron chi connectivity index (χ4n) is 1.41. The van der Waals surface area contributed by atoms with E-state index in [0.717, 1.165) is 6.07 Å². The first-order chi connectivity index (χ1) is 8.93. The molecule has 106 valence electrons. The van der Waals surface area contributed by atoms with Crippen LogP contribution in [0.4, 0.5) is 4.39 Å². The molecule has 0 radical (unpaired) electrons. The van der Waals surface area contributed by atoms with E-state index in [4.69, 9.17) is 21.4 Å². The monoisotopic (exact) mass is 289 g/mol. The van der Waals surface area contributed by atoms with Crippen LogP contribution < -0.4 is 10.1 Å². The van der Waals surface area contributed by atoms with Crippen molar-refractivity contribution in [1.82, 2.24) is 5.32 Å². The molecule has 1 rings (SSSR count). The molecule has 6 heteroatoms. The van der Waals surface area contributed by atoms with Gasteiger partial charge >= 0.3 is 0 Å². The number of carbonyl (C=O) groups excluding carboxylic acids is 1. The summed E-state index contributed by atoms with van der Waals surface area (Å²) in [4.78, 5) is 11.6. The Bertz CT molecular complexity index is 440. The third kappa shape index (κ3) is 5.04. The van der Waals surface area contributed by atoms with Crippen LogP contribution >= 0.6 is 11.6 Å². The number of ether oxygens (including phenoxy) is 1. The van der Waals surface area contributed by atoms with Gasteiger partial charge in [0.05, 0.1) is 17.7 Å². The van der Waals surface area contributed by atoms with Gasteiger partial charge in [0.1, 0.15) is 11.6 Å². The molecule has 0 aromatic heterocycles. The van der Waals surface area contributed by atoms with Crippen molar-refractivity contribution in [2.45, 2.75) is 19.9 Å². The molecule has 1 unspecified atom stereocenters. The Labute approximate surface area is 116 Å². The molecule has 0 heterocycles. The number of hydrogen-bond acceptors (Lipinski definition) is 3. The Hall–Kier alpha value is -1.33. The van der Waals surface area contributed by atoms with E-state index in [1.807, 2.05) is 13.8 Å². The van der Waals surface area contributed by atoms with Gasteiger partial charge in [0, 0.05) is 0 Å². The molecule has 0 bridgehead atoms. The first-order valence-electron chi connectivity index (χ1n) is 5.92. The van der Waals surface area contributed by atoms with Gasteiger partial charge in [-0.3, -0.25) is 4.79 Å². The minimum Gasteiger partial charge on any atom is -0.482 e. The number of halogens is 2. The SMILES string of the molecule is CC(C)C(CO)NC(=O)COc1ccc(F)cc1Cl. The van der Waals surface area contributed by atoms with E-state index < -0.39 is 5.82 Å². The van der Waals surface area contributed by atoms with Gasteiger partial charge in [-0.25, -0.2) is 4.39 Å². The van der Waals surface area contributed by atoms with Crippen LogP contribution in [-0.4, -0.2) is 30.3 Å². The van der Waals surface area contributed by atoms with Gasteiger partial charge < -0.3 is 15.2 Å². The van der Waals surface area contributed by atoms with Crippen molar-refractivity contribution in [2.24, 2.45) is 5.92 Å². The molecule has 0 aliphatic rings. The number of amides is 1. The molecule has 1 aromatic carbocycles. The Kier molecular flexibility index (Phi) is 6.05. The second-order valence-electron chi connectivity index (χ2n) is 4.46. The average Bonchev–Trinajstić information content (AvgIpc) is 2.34. The zero-order valence-electron chi connectivity index (χ0n) is 10.8. The minimum absolute atomic E-state index is 0.107. The van der Waals surface area contributed by atoms with Crippen molar-refractivity contribution in [3.05, 3.63) is 29.0 Å². The number of aliphatic hydroxyl groups excluding tert-OH is 1. The summed E-state index contributed by atoms with van der Waals surface area (Å²) in [7, 11) is 0. The van der Waals surface area contributed by atoms with Gasteiger partial charge in [-0.1, -0.05) is 25.4 Å². The molecule has 0 saturated heterocycles. The van der Waals surface area contributed by atoms with Gasteiger partial charge in [0.15, 0.2) is 6.61 Å². The first-order valence-corrected chi connectivity index (χ1v) is 6.30. The molecule has 19 heavy (non-hydrogen) atoms. The van der Waals surface area contributed by atoms with E-state index in [9.17, 15) is 9.18 Å². The van der Waals surface area contributed by atoms with Crippen molar-refractivity contribution >= 4 is 17.5 Å². The van der Waals surface area contributed by atoms with Crippen molar-refractivity contribution in [2.75, 3.05) is 13.2 Å². The molecule has 1 amide bonds. The van der Waals surface area contributed by atoms with Crippen molar-refractivity contribution in [1.29, 1.82) is 0 Å². The molecule has 4 nitrogen and oxygen atoms in total. The van der Waals surface area contributed by atoms with Gasteiger partial charge in [0.2, 0.25) is 0 Å². The van der Waals surface area contributed by atoms with Crippen LogP contribution in [0.2, 0.25) is 5.02 Å². The van der Waals surface area contributed by atoms with Crippen molar-refractivity contribution in [3.63, 3.8) is 0 Å². The highest BCUT2D eigenvalue weighted by Crippen LogP contribution is 2.24. The maximum absolute atomic E-state index is 12.8. The molecule has 1 aromatic rings. The number of rotatable bonds is 6. The highest BCUT2D eigenvalue weighted by molar-refractivity contribution is 6.32. The molecule has 0 fully saturated rings. The number of carbonyl (C=O) groups is 1. The van der Waals surface area contributed by atoms with E-state index >= 15 is 0 Å². The summed E-state index contributed by atoms with van der Waals surface area (Å²) in [6, 6.07) is 3.35. The fraction of sp³-hybridized carbons (Fsp3) is 0.462. The summed E-state index contributed by atoms with van der Waals surface area (Å²) >= 11 is 5.76. The number of nitrogens with one attached hydrogen (secondary N) is 1. The lowest BCUT2D eigenvalue weighted by atomic mass is 10.1. The molecular formula is C13H17ClFNO3. The van der Waals surface area contributed by atoms with Crippen LogP contribution in [0, 0.1) is 11.7 Å². The second kappa shape index (κ2) is 7.31. The zero-order chi connectivity index (χ0) is 14.4. The van der Waals surface area contributed by atoms with Crippen LogP contribution in [-0.2, 0) is 4.79 Å². The molecule has 0 saturated carbocycles. The maximum Gasteiger partial charge on any atom is 0.258 e. The molecule has 0 aliphatic carbocycles. The summed E-state index contributed by atoms with van der Waals surface area (Å²) in [6.07, 6.45) is 0. The number of benzene rings is 1.